The second-order valence-corrected chi connectivity index (χ2v) is 9.05. The molecule has 9 nitrogen and oxygen atoms in total. The van der Waals surface area contributed by atoms with Gasteiger partial charge < -0.3 is 14.9 Å². The Labute approximate surface area is 210 Å². The van der Waals surface area contributed by atoms with Gasteiger partial charge in [0.25, 0.3) is 5.91 Å². The van der Waals surface area contributed by atoms with Crippen molar-refractivity contribution in [2.24, 2.45) is 12.8 Å². The van der Waals surface area contributed by atoms with Crippen LogP contribution in [-0.4, -0.2) is 25.7 Å². The number of hydrogen-bond donors (Lipinski definition) is 1. The minimum atomic E-state index is -0.767. The first-order valence-corrected chi connectivity index (χ1v) is 11.5. The molecule has 4 aromatic heterocycles. The fraction of sp³-hybridized carbons (Fsp3) is 0.192. The number of carbonyl (C=O) groups is 1. The largest absolute Gasteiger partial charge is 0.483 e. The molecule has 0 spiro atoms. The average molecular weight is 504 g/mol. The first kappa shape index (κ1) is 23.5. The molecule has 0 unspecified atom stereocenters. The van der Waals surface area contributed by atoms with E-state index in [1.807, 2.05) is 32.3 Å². The van der Waals surface area contributed by atoms with Gasteiger partial charge in [0.2, 0.25) is 0 Å². The summed E-state index contributed by atoms with van der Waals surface area (Å²) in [5, 5.41) is 5.68. The zero-order chi connectivity index (χ0) is 25.7. The van der Waals surface area contributed by atoms with E-state index in [0.29, 0.717) is 39.1 Å². The van der Waals surface area contributed by atoms with Gasteiger partial charge in [-0.25, -0.2) is 9.97 Å². The number of carbonyl (C=O) groups excluding carboxylic acids is 1. The number of rotatable bonds is 5. The van der Waals surface area contributed by atoms with Gasteiger partial charge in [0.15, 0.2) is 22.5 Å². The Hall–Kier alpha value is -4.24. The Morgan fingerprint density at radius 2 is 2.00 bits per heavy atom. The van der Waals surface area contributed by atoms with Gasteiger partial charge in [0, 0.05) is 41.5 Å². The number of halogens is 1. The fourth-order valence-electron chi connectivity index (χ4n) is 4.25. The first-order valence-electron chi connectivity index (χ1n) is 11.1. The molecule has 0 fully saturated rings. The fourth-order valence-corrected chi connectivity index (χ4v) is 4.40. The van der Waals surface area contributed by atoms with Crippen molar-refractivity contribution < 1.29 is 13.9 Å². The molecule has 0 saturated heterocycles. The van der Waals surface area contributed by atoms with Gasteiger partial charge in [0.05, 0.1) is 5.39 Å². The summed E-state index contributed by atoms with van der Waals surface area (Å²) in [6, 6.07) is 8.59. The minimum Gasteiger partial charge on any atom is -0.483 e. The highest BCUT2D eigenvalue weighted by Gasteiger charge is 2.22. The quantitative estimate of drug-likeness (QED) is 0.346. The van der Waals surface area contributed by atoms with Gasteiger partial charge >= 0.3 is 0 Å². The van der Waals surface area contributed by atoms with E-state index in [-0.39, 0.29) is 22.0 Å². The second kappa shape index (κ2) is 8.76. The van der Waals surface area contributed by atoms with E-state index in [4.69, 9.17) is 26.5 Å². The molecule has 1 atom stereocenters. The van der Waals surface area contributed by atoms with Gasteiger partial charge in [-0.3, -0.25) is 14.3 Å². The molecule has 2 N–H and O–H groups in total. The molecular formula is C26H22ClN5O4. The molecule has 4 heterocycles. The molecule has 182 valence electrons. The molecule has 1 aromatic carbocycles. The SMILES string of the molecule is Cc1cc([C@@H](C)Oc2ccc(Cl)nc2C(N)=O)c2oc(-c3cnc4nn(C)cc4c3)c(C)c(=O)c2c1. The lowest BCUT2D eigenvalue weighted by Crippen LogP contribution is -2.17. The molecule has 0 aliphatic carbocycles. The van der Waals surface area contributed by atoms with Crippen LogP contribution in [-0.2, 0) is 7.05 Å². The average Bonchev–Trinajstić information content (AvgIpc) is 3.21. The normalized spacial score (nSPS) is 12.2. The van der Waals surface area contributed by atoms with Crippen LogP contribution < -0.4 is 15.9 Å². The number of nitrogens with two attached hydrogens (primary N) is 1. The van der Waals surface area contributed by atoms with Crippen molar-refractivity contribution >= 4 is 39.5 Å². The maximum Gasteiger partial charge on any atom is 0.271 e. The number of ether oxygens (including phenoxy) is 1. The van der Waals surface area contributed by atoms with Crippen LogP contribution in [0.4, 0.5) is 0 Å². The smallest absolute Gasteiger partial charge is 0.271 e. The Bertz CT molecular complexity index is 1740. The summed E-state index contributed by atoms with van der Waals surface area (Å²) in [5.74, 6) is -0.180. The van der Waals surface area contributed by atoms with E-state index in [1.54, 1.807) is 30.8 Å². The maximum atomic E-state index is 13.4. The highest BCUT2D eigenvalue weighted by molar-refractivity contribution is 6.29. The second-order valence-electron chi connectivity index (χ2n) is 8.66. The molecule has 0 saturated carbocycles. The lowest BCUT2D eigenvalue weighted by molar-refractivity contribution is 0.0988. The van der Waals surface area contributed by atoms with E-state index >= 15 is 0 Å². The van der Waals surface area contributed by atoms with Gasteiger partial charge in [0.1, 0.15) is 22.6 Å². The summed E-state index contributed by atoms with van der Waals surface area (Å²) in [6.07, 6.45) is 2.87. The monoisotopic (exact) mass is 503 g/mol. The van der Waals surface area contributed by atoms with Gasteiger partial charge in [-0.05, 0) is 56.7 Å². The Morgan fingerprint density at radius 3 is 2.75 bits per heavy atom. The molecular weight excluding hydrogens is 482 g/mol. The van der Waals surface area contributed by atoms with Crippen LogP contribution in [0.15, 0.2) is 51.9 Å². The number of hydrogen-bond acceptors (Lipinski definition) is 7. The topological polar surface area (TPSA) is 126 Å². The zero-order valence-electron chi connectivity index (χ0n) is 20.0. The van der Waals surface area contributed by atoms with Crippen molar-refractivity contribution in [3.63, 3.8) is 0 Å². The van der Waals surface area contributed by atoms with Gasteiger partial charge in [-0.2, -0.15) is 5.10 Å². The van der Waals surface area contributed by atoms with Crippen LogP contribution in [0.25, 0.3) is 33.3 Å². The molecule has 5 rings (SSSR count). The van der Waals surface area contributed by atoms with Crippen molar-refractivity contribution in [2.45, 2.75) is 26.9 Å². The first-order chi connectivity index (χ1) is 17.1. The van der Waals surface area contributed by atoms with E-state index < -0.39 is 12.0 Å². The molecule has 10 heteroatoms. The number of aromatic nitrogens is 4. The third kappa shape index (κ3) is 4.07. The van der Waals surface area contributed by atoms with Crippen molar-refractivity contribution in [1.29, 1.82) is 0 Å². The number of pyridine rings is 2. The number of primary amides is 1. The lowest BCUT2D eigenvalue weighted by atomic mass is 10.00. The van der Waals surface area contributed by atoms with Crippen LogP contribution in [0.5, 0.6) is 5.75 Å². The molecule has 0 radical (unpaired) electrons. The van der Waals surface area contributed by atoms with Crippen LogP contribution in [0.1, 0.15) is 40.2 Å². The molecule has 0 aliphatic heterocycles. The third-order valence-electron chi connectivity index (χ3n) is 5.93. The Kier molecular flexibility index (Phi) is 5.72. The molecule has 0 bridgehead atoms. The zero-order valence-corrected chi connectivity index (χ0v) is 20.8. The van der Waals surface area contributed by atoms with Crippen LogP contribution >= 0.6 is 11.6 Å². The highest BCUT2D eigenvalue weighted by Crippen LogP contribution is 2.34. The predicted octanol–water partition coefficient (Wildman–Crippen LogP) is 4.65. The van der Waals surface area contributed by atoms with E-state index in [0.717, 1.165) is 10.9 Å². The van der Waals surface area contributed by atoms with Crippen molar-refractivity contribution in [1.82, 2.24) is 19.7 Å². The van der Waals surface area contributed by atoms with Gasteiger partial charge in [-0.15, -0.1) is 0 Å². The molecule has 1 amide bonds. The summed E-state index contributed by atoms with van der Waals surface area (Å²) in [7, 11) is 1.82. The van der Waals surface area contributed by atoms with Crippen molar-refractivity contribution in [3.8, 4) is 17.1 Å². The van der Waals surface area contributed by atoms with Crippen molar-refractivity contribution in [3.05, 3.63) is 80.5 Å². The number of benzene rings is 1. The van der Waals surface area contributed by atoms with E-state index in [9.17, 15) is 9.59 Å². The lowest BCUT2D eigenvalue weighted by Gasteiger charge is -2.19. The maximum absolute atomic E-state index is 13.4. The predicted molar refractivity (Wildman–Crippen MR) is 136 cm³/mol. The van der Waals surface area contributed by atoms with Crippen LogP contribution in [0.3, 0.4) is 0 Å². The highest BCUT2D eigenvalue weighted by atomic mass is 35.5. The Balaban J connectivity index is 1.67. The van der Waals surface area contributed by atoms with E-state index in [2.05, 4.69) is 15.1 Å². The molecule has 5 aromatic rings. The van der Waals surface area contributed by atoms with Crippen LogP contribution in [0, 0.1) is 13.8 Å². The number of aryl methyl sites for hydroxylation is 2. The Morgan fingerprint density at radius 1 is 1.22 bits per heavy atom. The number of nitrogens with zero attached hydrogens (tertiary/aromatic N) is 4. The molecule has 36 heavy (non-hydrogen) atoms. The number of fused-ring (bicyclic) bond motifs is 2. The van der Waals surface area contributed by atoms with Gasteiger partial charge in [-0.1, -0.05) is 11.6 Å². The summed E-state index contributed by atoms with van der Waals surface area (Å²) in [5.41, 5.74) is 8.82. The summed E-state index contributed by atoms with van der Waals surface area (Å²) >= 11 is 5.92. The standard InChI is InChI=1S/C26H22ClN5O4/c1-12-7-17(14(3)35-19-5-6-20(27)30-21(19)25(28)34)24-18(8-12)22(33)13(2)23(36-24)15-9-16-11-32(4)31-26(16)29-10-15/h5-11,14H,1-4H3,(H2,28,34)/t14-/m1/s1. The summed E-state index contributed by atoms with van der Waals surface area (Å²) in [4.78, 5) is 33.7. The molecule has 0 aliphatic rings. The van der Waals surface area contributed by atoms with Crippen molar-refractivity contribution in [2.75, 3.05) is 0 Å². The summed E-state index contributed by atoms with van der Waals surface area (Å²) in [6.45, 7) is 5.40. The minimum absolute atomic E-state index is 0.0832. The van der Waals surface area contributed by atoms with Crippen LogP contribution in [0.2, 0.25) is 5.15 Å². The van der Waals surface area contributed by atoms with E-state index in [1.165, 1.54) is 12.1 Å². The summed E-state index contributed by atoms with van der Waals surface area (Å²) < 4.78 is 14.1. The number of amides is 1. The third-order valence-corrected chi connectivity index (χ3v) is 6.14.